The Morgan fingerprint density at radius 2 is 2.15 bits per heavy atom. The SMILES string of the molecule is C=CCNc1nc(-c2ccc(OC)cc2OC)cs1.[Cl-]. The largest absolute Gasteiger partial charge is 1.00 e. The van der Waals surface area contributed by atoms with Crippen molar-refractivity contribution < 1.29 is 21.9 Å². The molecule has 0 atom stereocenters. The molecule has 0 radical (unpaired) electrons. The monoisotopic (exact) mass is 311 g/mol. The third-order valence-electron chi connectivity index (χ3n) is 2.59. The van der Waals surface area contributed by atoms with Crippen LogP contribution < -0.4 is 27.2 Å². The standard InChI is InChI=1S/C14H16N2O2S.ClH/c1-4-7-15-14-16-12(9-19-14)11-6-5-10(17-2)8-13(11)18-3;/h4-6,8-9H,1,7H2,2-3H3,(H,15,16);1H/p-1. The van der Waals surface area contributed by atoms with Crippen molar-refractivity contribution in [3.8, 4) is 22.8 Å². The quantitative estimate of drug-likeness (QED) is 0.786. The average Bonchev–Trinajstić information content (AvgIpc) is 2.92. The van der Waals surface area contributed by atoms with E-state index in [1.807, 2.05) is 23.6 Å². The molecule has 108 valence electrons. The third kappa shape index (κ3) is 3.65. The first-order valence-corrected chi connectivity index (χ1v) is 6.69. The van der Waals surface area contributed by atoms with Crippen LogP contribution in [-0.4, -0.2) is 25.7 Å². The van der Waals surface area contributed by atoms with Crippen LogP contribution in [0.3, 0.4) is 0 Å². The van der Waals surface area contributed by atoms with Gasteiger partial charge in [-0.05, 0) is 12.1 Å². The molecular weight excluding hydrogens is 296 g/mol. The zero-order valence-corrected chi connectivity index (χ0v) is 12.9. The van der Waals surface area contributed by atoms with Crippen LogP contribution in [0.1, 0.15) is 0 Å². The second kappa shape index (κ2) is 7.77. The van der Waals surface area contributed by atoms with Gasteiger partial charge >= 0.3 is 0 Å². The van der Waals surface area contributed by atoms with E-state index in [1.165, 1.54) is 0 Å². The van der Waals surface area contributed by atoms with Crippen LogP contribution in [-0.2, 0) is 0 Å². The zero-order chi connectivity index (χ0) is 13.7. The van der Waals surface area contributed by atoms with E-state index in [4.69, 9.17) is 9.47 Å². The molecule has 1 N–H and O–H groups in total. The highest BCUT2D eigenvalue weighted by molar-refractivity contribution is 7.14. The molecule has 6 heteroatoms. The number of rotatable bonds is 6. The van der Waals surface area contributed by atoms with Gasteiger partial charge in [0.1, 0.15) is 11.5 Å². The van der Waals surface area contributed by atoms with Crippen molar-refractivity contribution in [1.82, 2.24) is 4.98 Å². The average molecular weight is 312 g/mol. The summed E-state index contributed by atoms with van der Waals surface area (Å²) in [4.78, 5) is 4.52. The fourth-order valence-electron chi connectivity index (χ4n) is 1.65. The molecule has 0 amide bonds. The van der Waals surface area contributed by atoms with Crippen molar-refractivity contribution in [2.75, 3.05) is 26.1 Å². The summed E-state index contributed by atoms with van der Waals surface area (Å²) in [6.45, 7) is 4.37. The maximum Gasteiger partial charge on any atom is 0.183 e. The molecule has 0 saturated heterocycles. The second-order valence-electron chi connectivity index (χ2n) is 3.77. The Bertz CT molecular complexity index is 572. The van der Waals surface area contributed by atoms with Gasteiger partial charge in [-0.2, -0.15) is 0 Å². The van der Waals surface area contributed by atoms with Crippen molar-refractivity contribution >= 4 is 16.5 Å². The van der Waals surface area contributed by atoms with Crippen molar-refractivity contribution in [1.29, 1.82) is 0 Å². The number of nitrogens with one attached hydrogen (secondary N) is 1. The molecule has 2 rings (SSSR count). The molecule has 4 nitrogen and oxygen atoms in total. The summed E-state index contributed by atoms with van der Waals surface area (Å²) >= 11 is 1.56. The zero-order valence-electron chi connectivity index (χ0n) is 11.4. The van der Waals surface area contributed by atoms with Crippen LogP contribution in [0.25, 0.3) is 11.3 Å². The Labute approximate surface area is 128 Å². The minimum Gasteiger partial charge on any atom is -1.00 e. The first-order valence-electron chi connectivity index (χ1n) is 5.81. The highest BCUT2D eigenvalue weighted by Crippen LogP contribution is 2.34. The fourth-order valence-corrected chi connectivity index (χ4v) is 2.37. The number of benzene rings is 1. The fraction of sp³-hybridized carbons (Fsp3) is 0.214. The number of ether oxygens (including phenoxy) is 2. The Kier molecular flexibility index (Phi) is 6.35. The number of hydrogen-bond donors (Lipinski definition) is 1. The summed E-state index contributed by atoms with van der Waals surface area (Å²) in [6, 6.07) is 5.70. The first-order chi connectivity index (χ1) is 9.28. The van der Waals surface area contributed by atoms with Gasteiger partial charge in [-0.15, -0.1) is 17.9 Å². The maximum atomic E-state index is 5.38. The van der Waals surface area contributed by atoms with E-state index < -0.39 is 0 Å². The molecule has 1 heterocycles. The Hall–Kier alpha value is -1.72. The van der Waals surface area contributed by atoms with Crippen LogP contribution in [0.5, 0.6) is 11.5 Å². The molecule has 20 heavy (non-hydrogen) atoms. The summed E-state index contributed by atoms with van der Waals surface area (Å²) in [5, 5.41) is 6.03. The molecule has 0 bridgehead atoms. The number of anilines is 1. The van der Waals surface area contributed by atoms with Crippen LogP contribution in [0.4, 0.5) is 5.13 Å². The lowest BCUT2D eigenvalue weighted by Crippen LogP contribution is -3.00. The topological polar surface area (TPSA) is 43.4 Å². The molecule has 0 unspecified atom stereocenters. The molecule has 0 saturated carbocycles. The highest BCUT2D eigenvalue weighted by Gasteiger charge is 2.10. The summed E-state index contributed by atoms with van der Waals surface area (Å²) in [5.41, 5.74) is 1.84. The number of hydrogen-bond acceptors (Lipinski definition) is 5. The number of nitrogens with zero attached hydrogens (tertiary/aromatic N) is 1. The van der Waals surface area contributed by atoms with Crippen LogP contribution in [0.2, 0.25) is 0 Å². The molecule has 0 aliphatic carbocycles. The van der Waals surface area contributed by atoms with Gasteiger partial charge < -0.3 is 27.2 Å². The van der Waals surface area contributed by atoms with E-state index >= 15 is 0 Å². The molecule has 0 fully saturated rings. The van der Waals surface area contributed by atoms with Gasteiger partial charge in [0.15, 0.2) is 5.13 Å². The Morgan fingerprint density at radius 3 is 2.80 bits per heavy atom. The summed E-state index contributed by atoms with van der Waals surface area (Å²) < 4.78 is 10.6. The molecular formula is C14H16ClN2O2S-. The van der Waals surface area contributed by atoms with E-state index in [2.05, 4.69) is 16.9 Å². The van der Waals surface area contributed by atoms with Gasteiger partial charge in [-0.25, -0.2) is 4.98 Å². The van der Waals surface area contributed by atoms with Gasteiger partial charge in [0.05, 0.1) is 19.9 Å². The minimum absolute atomic E-state index is 0. The maximum absolute atomic E-state index is 5.38. The number of methoxy groups -OCH3 is 2. The van der Waals surface area contributed by atoms with Gasteiger partial charge in [-0.3, -0.25) is 0 Å². The lowest BCUT2D eigenvalue weighted by Gasteiger charge is -2.08. The van der Waals surface area contributed by atoms with Crippen LogP contribution in [0, 0.1) is 0 Å². The van der Waals surface area contributed by atoms with E-state index in [0.717, 1.165) is 27.9 Å². The Morgan fingerprint density at radius 1 is 1.35 bits per heavy atom. The molecule has 1 aromatic carbocycles. The van der Waals surface area contributed by atoms with Crippen LogP contribution >= 0.6 is 11.3 Å². The van der Waals surface area contributed by atoms with E-state index in [-0.39, 0.29) is 12.4 Å². The number of thiazole rings is 1. The predicted octanol–water partition coefficient (Wildman–Crippen LogP) is 0.429. The lowest BCUT2D eigenvalue weighted by molar-refractivity contribution is -0.00000447. The summed E-state index contributed by atoms with van der Waals surface area (Å²) in [6.07, 6.45) is 1.80. The van der Waals surface area contributed by atoms with Crippen molar-refractivity contribution in [2.24, 2.45) is 0 Å². The molecule has 2 aromatic rings. The summed E-state index contributed by atoms with van der Waals surface area (Å²) in [5.74, 6) is 1.51. The highest BCUT2D eigenvalue weighted by atomic mass is 35.5. The van der Waals surface area contributed by atoms with E-state index in [0.29, 0.717) is 6.54 Å². The third-order valence-corrected chi connectivity index (χ3v) is 3.39. The Balaban J connectivity index is 0.00000200. The van der Waals surface area contributed by atoms with Gasteiger partial charge in [-0.1, -0.05) is 6.08 Å². The molecule has 0 aliphatic heterocycles. The normalized spacial score (nSPS) is 9.50. The van der Waals surface area contributed by atoms with Gasteiger partial charge in [0.2, 0.25) is 0 Å². The van der Waals surface area contributed by atoms with Crippen molar-refractivity contribution in [3.63, 3.8) is 0 Å². The second-order valence-corrected chi connectivity index (χ2v) is 4.63. The lowest BCUT2D eigenvalue weighted by atomic mass is 10.1. The smallest absolute Gasteiger partial charge is 0.183 e. The number of halogens is 1. The van der Waals surface area contributed by atoms with E-state index in [1.54, 1.807) is 31.6 Å². The van der Waals surface area contributed by atoms with E-state index in [9.17, 15) is 0 Å². The predicted molar refractivity (Wildman–Crippen MR) is 79.3 cm³/mol. The molecule has 0 aliphatic rings. The van der Waals surface area contributed by atoms with Gasteiger partial charge in [0.25, 0.3) is 0 Å². The summed E-state index contributed by atoms with van der Waals surface area (Å²) in [7, 11) is 3.27. The van der Waals surface area contributed by atoms with Crippen molar-refractivity contribution in [2.45, 2.75) is 0 Å². The van der Waals surface area contributed by atoms with Crippen molar-refractivity contribution in [3.05, 3.63) is 36.2 Å². The first kappa shape index (κ1) is 16.3. The molecule has 1 aromatic heterocycles. The van der Waals surface area contributed by atoms with Gasteiger partial charge in [0, 0.05) is 23.6 Å². The van der Waals surface area contributed by atoms with Crippen LogP contribution in [0.15, 0.2) is 36.2 Å². The number of aromatic nitrogens is 1. The minimum atomic E-state index is 0. The molecule has 0 spiro atoms.